The molecule has 0 spiro atoms. The molecule has 5 nitrogen and oxygen atoms in total. The number of carboxylic acid groups (broad SMARTS) is 1. The molecule has 0 aliphatic heterocycles. The lowest BCUT2D eigenvalue weighted by atomic mass is 9.99. The number of nitrogens with one attached hydrogen (secondary N) is 1. The molecule has 0 radical (unpaired) electrons. The predicted octanol–water partition coefficient (Wildman–Crippen LogP) is 4.64. The molecule has 1 unspecified atom stereocenters. The largest absolute Gasteiger partial charge is 0.495 e. The van der Waals surface area contributed by atoms with Crippen LogP contribution in [0.15, 0.2) is 67.0 Å². The Hall–Kier alpha value is -3.05. The van der Waals surface area contributed by atoms with E-state index in [-0.39, 0.29) is 11.6 Å². The summed E-state index contributed by atoms with van der Waals surface area (Å²) in [7, 11) is 1.56. The van der Waals surface area contributed by atoms with Crippen LogP contribution < -0.4 is 10.1 Å². The molecule has 2 N–H and O–H groups in total. The van der Waals surface area contributed by atoms with Gasteiger partial charge in [-0.25, -0.2) is 4.79 Å². The first-order chi connectivity index (χ1) is 12.6. The van der Waals surface area contributed by atoms with Crippen molar-refractivity contribution in [3.8, 4) is 5.75 Å². The molecule has 0 aliphatic rings. The Kier molecular flexibility index (Phi) is 5.39. The summed E-state index contributed by atoms with van der Waals surface area (Å²) >= 11 is 6.28. The summed E-state index contributed by atoms with van der Waals surface area (Å²) in [5, 5.41) is 13.1. The number of aromatic carboxylic acids is 1. The van der Waals surface area contributed by atoms with Crippen LogP contribution in [0.4, 0.5) is 5.69 Å². The van der Waals surface area contributed by atoms with Crippen molar-refractivity contribution >= 4 is 23.3 Å². The fourth-order valence-corrected chi connectivity index (χ4v) is 2.94. The number of carbonyl (C=O) groups is 1. The molecule has 0 fully saturated rings. The lowest BCUT2D eigenvalue weighted by Crippen LogP contribution is -2.13. The Morgan fingerprint density at radius 1 is 1.15 bits per heavy atom. The minimum atomic E-state index is -0.973. The zero-order chi connectivity index (χ0) is 18.5. The molecule has 1 heterocycles. The molecule has 3 aromatic rings. The van der Waals surface area contributed by atoms with Crippen LogP contribution in [0.2, 0.25) is 5.02 Å². The van der Waals surface area contributed by atoms with Gasteiger partial charge in [0.2, 0.25) is 0 Å². The van der Waals surface area contributed by atoms with Gasteiger partial charge in [0, 0.05) is 18.1 Å². The molecule has 0 aliphatic carbocycles. The monoisotopic (exact) mass is 368 g/mol. The van der Waals surface area contributed by atoms with Gasteiger partial charge in [-0.05, 0) is 47.5 Å². The van der Waals surface area contributed by atoms with Crippen molar-refractivity contribution < 1.29 is 14.6 Å². The highest BCUT2D eigenvalue weighted by molar-refractivity contribution is 6.32. The summed E-state index contributed by atoms with van der Waals surface area (Å²) in [6.07, 6.45) is 3.46. The zero-order valence-electron chi connectivity index (χ0n) is 14.0. The van der Waals surface area contributed by atoms with Crippen LogP contribution in [0, 0.1) is 0 Å². The number of anilines is 1. The molecule has 6 heteroatoms. The average Bonchev–Trinajstić information content (AvgIpc) is 2.67. The number of rotatable bonds is 6. The van der Waals surface area contributed by atoms with E-state index in [2.05, 4.69) is 10.3 Å². The normalized spacial score (nSPS) is 11.6. The minimum Gasteiger partial charge on any atom is -0.495 e. The molecule has 0 saturated heterocycles. The van der Waals surface area contributed by atoms with Crippen LogP contribution in [0.3, 0.4) is 0 Å². The van der Waals surface area contributed by atoms with E-state index in [9.17, 15) is 9.90 Å². The Balaban J connectivity index is 2.01. The molecule has 0 bridgehead atoms. The molecule has 132 valence electrons. The molecular formula is C20H17ClN2O3. The van der Waals surface area contributed by atoms with Gasteiger partial charge in [-0.2, -0.15) is 0 Å². The predicted molar refractivity (Wildman–Crippen MR) is 101 cm³/mol. The average molecular weight is 369 g/mol. The lowest BCUT2D eigenvalue weighted by molar-refractivity contribution is 0.0697. The third-order valence-electron chi connectivity index (χ3n) is 3.95. The summed E-state index contributed by atoms with van der Waals surface area (Å²) in [6, 6.07) is 15.8. The molecule has 2 aromatic carbocycles. The van der Waals surface area contributed by atoms with Gasteiger partial charge < -0.3 is 15.2 Å². The Morgan fingerprint density at radius 2 is 2.00 bits per heavy atom. The van der Waals surface area contributed by atoms with Gasteiger partial charge >= 0.3 is 5.97 Å². The van der Waals surface area contributed by atoms with Crippen LogP contribution in [-0.2, 0) is 0 Å². The van der Waals surface area contributed by atoms with Crippen LogP contribution in [0.25, 0.3) is 0 Å². The fourth-order valence-electron chi connectivity index (χ4n) is 2.68. The van der Waals surface area contributed by atoms with Crippen LogP contribution in [0.1, 0.15) is 27.5 Å². The number of halogens is 1. The number of ether oxygens (including phenoxy) is 1. The summed E-state index contributed by atoms with van der Waals surface area (Å²) in [6.45, 7) is 0. The van der Waals surface area contributed by atoms with E-state index in [1.54, 1.807) is 43.8 Å². The topological polar surface area (TPSA) is 71.5 Å². The SMILES string of the molecule is COc1ccc(C(Nc2cccc(C(=O)O)c2)c2cccnc2)cc1Cl. The number of nitrogens with zero attached hydrogens (tertiary/aromatic N) is 1. The van der Waals surface area contributed by atoms with E-state index in [0.717, 1.165) is 11.1 Å². The highest BCUT2D eigenvalue weighted by Gasteiger charge is 2.17. The molecule has 3 rings (SSSR count). The van der Waals surface area contributed by atoms with E-state index >= 15 is 0 Å². The van der Waals surface area contributed by atoms with Crippen LogP contribution in [0.5, 0.6) is 5.75 Å². The summed E-state index contributed by atoms with van der Waals surface area (Å²) in [4.78, 5) is 15.4. The molecule has 26 heavy (non-hydrogen) atoms. The summed E-state index contributed by atoms with van der Waals surface area (Å²) < 4.78 is 5.22. The maximum atomic E-state index is 11.2. The smallest absolute Gasteiger partial charge is 0.335 e. The number of aromatic nitrogens is 1. The van der Waals surface area contributed by atoms with Gasteiger partial charge in [0.05, 0.1) is 23.7 Å². The second-order valence-electron chi connectivity index (χ2n) is 5.64. The summed E-state index contributed by atoms with van der Waals surface area (Å²) in [5.74, 6) is -0.382. The van der Waals surface area contributed by atoms with E-state index in [4.69, 9.17) is 16.3 Å². The molecule has 1 atom stereocenters. The molecular weight excluding hydrogens is 352 g/mol. The second kappa shape index (κ2) is 7.89. The molecule has 1 aromatic heterocycles. The van der Waals surface area contributed by atoms with Crippen molar-refractivity contribution in [1.29, 1.82) is 0 Å². The Labute approximate surface area is 156 Å². The van der Waals surface area contributed by atoms with E-state index in [1.165, 1.54) is 0 Å². The van der Waals surface area contributed by atoms with E-state index < -0.39 is 5.97 Å². The van der Waals surface area contributed by atoms with Crippen molar-refractivity contribution in [2.24, 2.45) is 0 Å². The number of hydrogen-bond acceptors (Lipinski definition) is 4. The standard InChI is InChI=1S/C20H17ClN2O3/c1-26-18-8-7-13(11-17(18)21)19(15-5-3-9-22-12-15)23-16-6-2-4-14(10-16)20(24)25/h2-12,19,23H,1H3,(H,24,25). The Morgan fingerprint density at radius 3 is 2.65 bits per heavy atom. The van der Waals surface area contributed by atoms with Crippen LogP contribution in [-0.4, -0.2) is 23.2 Å². The highest BCUT2D eigenvalue weighted by atomic mass is 35.5. The van der Waals surface area contributed by atoms with Crippen molar-refractivity contribution in [1.82, 2.24) is 4.98 Å². The molecule has 0 amide bonds. The first kappa shape index (κ1) is 17.8. The van der Waals surface area contributed by atoms with Gasteiger partial charge in [-0.15, -0.1) is 0 Å². The number of benzene rings is 2. The molecule has 0 saturated carbocycles. The Bertz CT molecular complexity index is 916. The number of hydrogen-bond donors (Lipinski definition) is 2. The van der Waals surface area contributed by atoms with Crippen molar-refractivity contribution in [2.75, 3.05) is 12.4 Å². The number of methoxy groups -OCH3 is 1. The number of pyridine rings is 1. The first-order valence-electron chi connectivity index (χ1n) is 7.91. The van der Waals surface area contributed by atoms with Gasteiger partial charge in [0.25, 0.3) is 0 Å². The maximum absolute atomic E-state index is 11.2. The first-order valence-corrected chi connectivity index (χ1v) is 8.29. The fraction of sp³-hybridized carbons (Fsp3) is 0.100. The third-order valence-corrected chi connectivity index (χ3v) is 4.24. The summed E-state index contributed by atoms with van der Waals surface area (Å²) in [5.41, 5.74) is 2.73. The van der Waals surface area contributed by atoms with Crippen molar-refractivity contribution in [2.45, 2.75) is 6.04 Å². The van der Waals surface area contributed by atoms with E-state index in [1.807, 2.05) is 30.3 Å². The quantitative estimate of drug-likeness (QED) is 0.663. The third kappa shape index (κ3) is 3.95. The van der Waals surface area contributed by atoms with Crippen molar-refractivity contribution in [3.05, 3.63) is 88.7 Å². The van der Waals surface area contributed by atoms with Gasteiger partial charge in [0.1, 0.15) is 5.75 Å². The number of carboxylic acids is 1. The van der Waals surface area contributed by atoms with Crippen LogP contribution >= 0.6 is 11.6 Å². The van der Waals surface area contributed by atoms with Gasteiger partial charge in [-0.1, -0.05) is 29.8 Å². The van der Waals surface area contributed by atoms with Gasteiger partial charge in [-0.3, -0.25) is 4.98 Å². The van der Waals surface area contributed by atoms with Gasteiger partial charge in [0.15, 0.2) is 0 Å². The zero-order valence-corrected chi connectivity index (χ0v) is 14.8. The minimum absolute atomic E-state index is 0.215. The maximum Gasteiger partial charge on any atom is 0.335 e. The van der Waals surface area contributed by atoms with E-state index in [0.29, 0.717) is 16.5 Å². The highest BCUT2D eigenvalue weighted by Crippen LogP contribution is 2.32. The van der Waals surface area contributed by atoms with Crippen molar-refractivity contribution in [3.63, 3.8) is 0 Å². The second-order valence-corrected chi connectivity index (χ2v) is 6.05. The lowest BCUT2D eigenvalue weighted by Gasteiger charge is -2.21.